The first-order chi connectivity index (χ1) is 9.52. The summed E-state index contributed by atoms with van der Waals surface area (Å²) < 4.78 is 36.6. The third-order valence-electron chi connectivity index (χ3n) is 3.09. The molecule has 115 valence electrons. The van der Waals surface area contributed by atoms with Gasteiger partial charge in [0.25, 0.3) is 0 Å². The SMILES string of the molecule is CCCOC([O])(CCC1=[C]([GeH]([F])[F])C=CC1)OCCC. The van der Waals surface area contributed by atoms with Gasteiger partial charge in [-0.05, 0) is 0 Å². The zero-order valence-corrected chi connectivity index (χ0v) is 14.6. The van der Waals surface area contributed by atoms with Crippen LogP contribution in [-0.2, 0) is 14.6 Å². The van der Waals surface area contributed by atoms with Crippen LogP contribution in [0.25, 0.3) is 0 Å². The molecule has 0 bridgehead atoms. The molecule has 3 nitrogen and oxygen atoms in total. The fourth-order valence-corrected chi connectivity index (χ4v) is 3.83. The summed E-state index contributed by atoms with van der Waals surface area (Å²) in [6.45, 7) is 4.46. The van der Waals surface area contributed by atoms with Gasteiger partial charge in [-0.15, -0.1) is 0 Å². The zero-order chi connectivity index (χ0) is 15.0. The molecule has 0 spiro atoms. The number of halogens is 2. The topological polar surface area (TPSA) is 38.4 Å². The van der Waals surface area contributed by atoms with Crippen LogP contribution in [0.5, 0.6) is 0 Å². The van der Waals surface area contributed by atoms with E-state index in [0.717, 1.165) is 12.8 Å². The Kier molecular flexibility index (Phi) is 7.94. The molecular weight excluding hydrogens is 327 g/mol. The second kappa shape index (κ2) is 8.92. The van der Waals surface area contributed by atoms with E-state index < -0.39 is 21.2 Å². The average molecular weight is 350 g/mol. The van der Waals surface area contributed by atoms with Crippen LogP contribution in [0.15, 0.2) is 22.1 Å². The normalized spacial score (nSPS) is 15.7. The number of hydrogen-bond donors (Lipinski definition) is 0. The van der Waals surface area contributed by atoms with Crippen molar-refractivity contribution in [2.75, 3.05) is 13.2 Å². The van der Waals surface area contributed by atoms with Crippen molar-refractivity contribution in [1.29, 1.82) is 0 Å². The summed E-state index contributed by atoms with van der Waals surface area (Å²) in [4.78, 5) is 0. The van der Waals surface area contributed by atoms with Crippen molar-refractivity contribution >= 4 is 15.3 Å². The molecule has 0 aromatic heterocycles. The molecular formula is C14H23F2GeO3. The van der Waals surface area contributed by atoms with E-state index in [1.165, 1.54) is 6.08 Å². The van der Waals surface area contributed by atoms with Gasteiger partial charge >= 0.3 is 124 Å². The molecule has 0 saturated carbocycles. The van der Waals surface area contributed by atoms with Gasteiger partial charge in [0.1, 0.15) is 0 Å². The Hall–Kier alpha value is -0.237. The van der Waals surface area contributed by atoms with Gasteiger partial charge in [-0.1, -0.05) is 0 Å². The molecule has 1 radical (unpaired) electrons. The van der Waals surface area contributed by atoms with Gasteiger partial charge in [-0.3, -0.25) is 0 Å². The Morgan fingerprint density at radius 2 is 1.85 bits per heavy atom. The molecule has 0 aromatic rings. The fourth-order valence-electron chi connectivity index (χ4n) is 2.04. The zero-order valence-electron chi connectivity index (χ0n) is 12.2. The molecule has 20 heavy (non-hydrogen) atoms. The van der Waals surface area contributed by atoms with Crippen molar-refractivity contribution in [3.8, 4) is 0 Å². The minimum absolute atomic E-state index is 0.0858. The Bertz CT molecular complexity index is 348. The van der Waals surface area contributed by atoms with E-state index in [2.05, 4.69) is 0 Å². The molecule has 0 saturated heterocycles. The Balaban J connectivity index is 2.59. The summed E-state index contributed by atoms with van der Waals surface area (Å²) in [5.74, 6) is -1.90. The van der Waals surface area contributed by atoms with Crippen molar-refractivity contribution in [2.45, 2.75) is 51.9 Å². The second-order valence-corrected chi connectivity index (χ2v) is 7.41. The Morgan fingerprint density at radius 1 is 1.25 bits per heavy atom. The third kappa shape index (κ3) is 5.63. The van der Waals surface area contributed by atoms with E-state index in [4.69, 9.17) is 9.47 Å². The van der Waals surface area contributed by atoms with Crippen molar-refractivity contribution in [3.63, 3.8) is 0 Å². The molecule has 0 N–H and O–H groups in total. The molecule has 1 aliphatic carbocycles. The van der Waals surface area contributed by atoms with Gasteiger partial charge in [0.2, 0.25) is 0 Å². The summed E-state index contributed by atoms with van der Waals surface area (Å²) in [7, 11) is 0. The van der Waals surface area contributed by atoms with E-state index in [0.29, 0.717) is 31.6 Å². The molecule has 0 amide bonds. The van der Waals surface area contributed by atoms with Gasteiger partial charge in [0.15, 0.2) is 0 Å². The van der Waals surface area contributed by atoms with Crippen LogP contribution < -0.4 is 0 Å². The summed E-state index contributed by atoms with van der Waals surface area (Å²) in [6, 6.07) is 0. The van der Waals surface area contributed by atoms with Crippen molar-refractivity contribution in [2.24, 2.45) is 0 Å². The van der Waals surface area contributed by atoms with Crippen LogP contribution in [0.4, 0.5) is 7.00 Å². The third-order valence-corrected chi connectivity index (χ3v) is 5.34. The fraction of sp³-hybridized carbons (Fsp3) is 0.714. The average Bonchev–Trinajstić information content (AvgIpc) is 2.90. The van der Waals surface area contributed by atoms with E-state index >= 15 is 0 Å². The number of rotatable bonds is 10. The van der Waals surface area contributed by atoms with Crippen LogP contribution in [-0.4, -0.2) is 34.5 Å². The van der Waals surface area contributed by atoms with Gasteiger partial charge < -0.3 is 0 Å². The van der Waals surface area contributed by atoms with E-state index in [1.807, 2.05) is 13.8 Å². The Labute approximate surface area is 124 Å². The molecule has 0 aliphatic heterocycles. The maximum atomic E-state index is 13.0. The number of allylic oxidation sites excluding steroid dienone is 4. The summed E-state index contributed by atoms with van der Waals surface area (Å²) in [5.41, 5.74) is 0.695. The molecule has 0 unspecified atom stereocenters. The molecule has 1 aliphatic rings. The minimum atomic E-state index is -4.26. The van der Waals surface area contributed by atoms with Gasteiger partial charge in [-0.2, -0.15) is 0 Å². The molecule has 1 rings (SSSR count). The Morgan fingerprint density at radius 3 is 2.35 bits per heavy atom. The van der Waals surface area contributed by atoms with Gasteiger partial charge in [0, 0.05) is 0 Å². The van der Waals surface area contributed by atoms with E-state index in [-0.39, 0.29) is 10.8 Å². The van der Waals surface area contributed by atoms with Crippen molar-refractivity contribution < 1.29 is 21.6 Å². The first-order valence-corrected chi connectivity index (χ1v) is 10.2. The monoisotopic (exact) mass is 351 g/mol. The number of hydrogen-bond acceptors (Lipinski definition) is 2. The van der Waals surface area contributed by atoms with Crippen LogP contribution in [0, 0.1) is 0 Å². The van der Waals surface area contributed by atoms with Gasteiger partial charge in [-0.25, -0.2) is 0 Å². The molecule has 0 aromatic carbocycles. The molecule has 0 atom stereocenters. The van der Waals surface area contributed by atoms with Crippen molar-refractivity contribution in [1.82, 2.24) is 0 Å². The first-order valence-electron chi connectivity index (χ1n) is 7.17. The maximum absolute atomic E-state index is 13.0. The molecule has 0 fully saturated rings. The summed E-state index contributed by atoms with van der Waals surface area (Å²) in [5, 5.41) is 12.4. The van der Waals surface area contributed by atoms with E-state index in [9.17, 15) is 12.1 Å². The van der Waals surface area contributed by atoms with Crippen molar-refractivity contribution in [3.05, 3.63) is 22.1 Å². The molecule has 0 heterocycles. The first kappa shape index (κ1) is 17.8. The summed E-state index contributed by atoms with van der Waals surface area (Å²) in [6.07, 6.45) is 5.66. The number of ether oxygens (including phenoxy) is 2. The summed E-state index contributed by atoms with van der Waals surface area (Å²) >= 11 is -4.26. The van der Waals surface area contributed by atoms with Crippen LogP contribution in [0.3, 0.4) is 0 Å². The molecule has 6 heteroatoms. The predicted molar refractivity (Wildman–Crippen MR) is 75.3 cm³/mol. The quantitative estimate of drug-likeness (QED) is 0.446. The standard InChI is InChI=1S/C14H23F2GeO3/c1-3-10-19-14(18,20-11-4-2)9-8-12-6-5-7-13(12)17(15)16/h5,7,17H,3-4,6,8-11H2,1-2H3. The second-order valence-electron chi connectivity index (χ2n) is 4.85. The van der Waals surface area contributed by atoms with Gasteiger partial charge in [0.05, 0.1) is 0 Å². The van der Waals surface area contributed by atoms with Crippen LogP contribution >= 0.6 is 0 Å². The van der Waals surface area contributed by atoms with E-state index in [1.54, 1.807) is 6.08 Å². The predicted octanol–water partition coefficient (Wildman–Crippen LogP) is 3.66. The van der Waals surface area contributed by atoms with Crippen LogP contribution in [0.2, 0.25) is 0 Å². The van der Waals surface area contributed by atoms with Crippen LogP contribution in [0.1, 0.15) is 46.0 Å².